The first-order valence-corrected chi connectivity index (χ1v) is 7.78. The number of nitrogens with zero attached hydrogens (tertiary/aromatic N) is 1. The van der Waals surface area contributed by atoms with Crippen LogP contribution in [0.4, 0.5) is 5.69 Å². The molecule has 0 amide bonds. The normalized spacial score (nSPS) is 15.0. The maximum absolute atomic E-state index is 5.49. The van der Waals surface area contributed by atoms with Gasteiger partial charge in [-0.15, -0.1) is 0 Å². The number of methoxy groups -OCH3 is 2. The van der Waals surface area contributed by atoms with Crippen molar-refractivity contribution < 1.29 is 38.0 Å². The van der Waals surface area contributed by atoms with Crippen LogP contribution in [0.5, 0.6) is 11.5 Å². The van der Waals surface area contributed by atoms with Crippen LogP contribution in [0.15, 0.2) is 36.4 Å². The summed E-state index contributed by atoms with van der Waals surface area (Å²) >= 11 is 0. The fourth-order valence-electron chi connectivity index (χ4n) is 3.68. The average Bonchev–Trinajstić information content (AvgIpc) is 2.59. The lowest BCUT2D eigenvalue weighted by Gasteiger charge is -2.24. The first kappa shape index (κ1) is 16.3. The van der Waals surface area contributed by atoms with Crippen LogP contribution in [0.25, 0.3) is 0 Å². The lowest BCUT2D eigenvalue weighted by atomic mass is 9.89. The van der Waals surface area contributed by atoms with Crippen LogP contribution in [-0.4, -0.2) is 31.1 Å². The molecule has 0 unspecified atom stereocenters. The highest BCUT2D eigenvalue weighted by Gasteiger charge is 2.33. The largest absolute Gasteiger partial charge is 1.00 e. The van der Waals surface area contributed by atoms with Gasteiger partial charge in [-0.25, -0.2) is 0 Å². The second-order valence-electron chi connectivity index (χ2n) is 5.84. The molecule has 2 aromatic carbocycles. The molecule has 0 saturated heterocycles. The number of aryl methyl sites for hydroxylation is 1. The van der Waals surface area contributed by atoms with E-state index in [0.717, 1.165) is 37.3 Å². The number of hydrogen-bond acceptors (Lipinski definition) is 2. The number of benzene rings is 2. The van der Waals surface area contributed by atoms with Gasteiger partial charge in [-0.05, 0) is 24.1 Å². The molecule has 0 saturated carbocycles. The maximum atomic E-state index is 5.49. The van der Waals surface area contributed by atoms with Gasteiger partial charge in [0.25, 0.3) is 0 Å². The summed E-state index contributed by atoms with van der Waals surface area (Å²) in [6.07, 6.45) is 3.23. The van der Waals surface area contributed by atoms with Crippen molar-refractivity contribution in [2.75, 3.05) is 20.8 Å². The van der Waals surface area contributed by atoms with Gasteiger partial charge in [0.1, 0.15) is 0 Å². The Balaban J connectivity index is 0.00000156. The number of hydrogen-bond donors (Lipinski definition) is 0. The molecule has 0 bridgehead atoms. The molecule has 2 aliphatic rings. The number of fused-ring (bicyclic) bond motifs is 4. The van der Waals surface area contributed by atoms with Crippen molar-refractivity contribution in [2.45, 2.75) is 19.3 Å². The Bertz CT molecular complexity index is 783. The monoisotopic (exact) mass is 421 g/mol. The van der Waals surface area contributed by atoms with Crippen LogP contribution >= 0.6 is 0 Å². The summed E-state index contributed by atoms with van der Waals surface area (Å²) in [4.78, 5) is 0. The summed E-state index contributed by atoms with van der Waals surface area (Å²) in [6, 6.07) is 13.0. The standard InChI is InChI=1S/C19H20NO2.HI/c1-21-18-11-14-9-10-20-16-6-4-3-5-13(16)7-8-17(20)15(14)12-19(18)22-2;/h3-6,11-12H,7-10H2,1-2H3;1H/q+1;/p-1. The molecule has 4 rings (SSSR count). The first-order chi connectivity index (χ1) is 10.8. The van der Waals surface area contributed by atoms with E-state index in [1.165, 1.54) is 28.1 Å². The van der Waals surface area contributed by atoms with Crippen molar-refractivity contribution in [1.82, 2.24) is 0 Å². The second kappa shape index (κ2) is 6.51. The number of halogens is 1. The molecule has 23 heavy (non-hydrogen) atoms. The Morgan fingerprint density at radius 1 is 0.870 bits per heavy atom. The van der Waals surface area contributed by atoms with Gasteiger partial charge in [-0.1, -0.05) is 18.2 Å². The third-order valence-electron chi connectivity index (χ3n) is 4.76. The number of para-hydroxylation sites is 1. The smallest absolute Gasteiger partial charge is 0.208 e. The molecular formula is C19H20INO2. The SMILES string of the molecule is COc1cc2c(cc1OC)C1=[N+](CC2)c2ccccc2CC1.[I-]. The van der Waals surface area contributed by atoms with Gasteiger partial charge < -0.3 is 33.5 Å². The summed E-state index contributed by atoms with van der Waals surface area (Å²) in [5.74, 6) is 1.64. The molecular weight excluding hydrogens is 401 g/mol. The molecule has 2 aromatic rings. The molecule has 2 aliphatic heterocycles. The molecule has 0 atom stereocenters. The van der Waals surface area contributed by atoms with E-state index in [2.05, 4.69) is 41.0 Å². The molecule has 0 aromatic heterocycles. The van der Waals surface area contributed by atoms with E-state index in [9.17, 15) is 0 Å². The van der Waals surface area contributed by atoms with E-state index in [1.54, 1.807) is 14.2 Å². The molecule has 0 aliphatic carbocycles. The minimum Gasteiger partial charge on any atom is -1.00 e. The molecule has 120 valence electrons. The molecule has 0 N–H and O–H groups in total. The van der Waals surface area contributed by atoms with E-state index in [1.807, 2.05) is 0 Å². The van der Waals surface area contributed by atoms with Gasteiger partial charge in [0, 0.05) is 30.0 Å². The van der Waals surface area contributed by atoms with E-state index in [4.69, 9.17) is 9.47 Å². The van der Waals surface area contributed by atoms with Crippen molar-refractivity contribution in [3.63, 3.8) is 0 Å². The van der Waals surface area contributed by atoms with Crippen LogP contribution in [0.2, 0.25) is 0 Å². The Hall–Kier alpha value is -1.56. The van der Waals surface area contributed by atoms with Gasteiger partial charge in [-0.3, -0.25) is 0 Å². The third kappa shape index (κ3) is 2.63. The molecule has 3 nitrogen and oxygen atoms in total. The van der Waals surface area contributed by atoms with Gasteiger partial charge in [-0.2, -0.15) is 4.58 Å². The zero-order valence-electron chi connectivity index (χ0n) is 13.4. The molecule has 0 radical (unpaired) electrons. The van der Waals surface area contributed by atoms with Crippen molar-refractivity contribution in [3.05, 3.63) is 53.1 Å². The predicted octanol–water partition coefficient (Wildman–Crippen LogP) is 0.343. The summed E-state index contributed by atoms with van der Waals surface area (Å²) in [5, 5.41) is 0. The summed E-state index contributed by atoms with van der Waals surface area (Å²) < 4.78 is 13.4. The lowest BCUT2D eigenvalue weighted by molar-refractivity contribution is -0.445. The third-order valence-corrected chi connectivity index (χ3v) is 4.76. The molecule has 2 heterocycles. The van der Waals surface area contributed by atoms with E-state index in [-0.39, 0.29) is 24.0 Å². The Kier molecular flexibility index (Phi) is 4.62. The zero-order chi connectivity index (χ0) is 15.1. The van der Waals surface area contributed by atoms with E-state index < -0.39 is 0 Å². The Morgan fingerprint density at radius 2 is 1.61 bits per heavy atom. The average molecular weight is 421 g/mol. The highest BCUT2D eigenvalue weighted by molar-refractivity contribution is 6.01. The molecule has 0 fully saturated rings. The highest BCUT2D eigenvalue weighted by atomic mass is 127. The van der Waals surface area contributed by atoms with Crippen molar-refractivity contribution in [1.29, 1.82) is 0 Å². The van der Waals surface area contributed by atoms with Gasteiger partial charge in [0.15, 0.2) is 23.8 Å². The summed E-state index contributed by atoms with van der Waals surface area (Å²) in [7, 11) is 3.40. The molecule has 4 heteroatoms. The van der Waals surface area contributed by atoms with E-state index in [0.29, 0.717) is 0 Å². The van der Waals surface area contributed by atoms with Crippen LogP contribution in [0, 0.1) is 0 Å². The summed E-state index contributed by atoms with van der Waals surface area (Å²) in [5.41, 5.74) is 6.92. The minimum atomic E-state index is 0. The van der Waals surface area contributed by atoms with Crippen LogP contribution in [0.1, 0.15) is 23.1 Å². The van der Waals surface area contributed by atoms with Crippen LogP contribution < -0.4 is 33.5 Å². The maximum Gasteiger partial charge on any atom is 0.208 e. The van der Waals surface area contributed by atoms with Crippen LogP contribution in [0.3, 0.4) is 0 Å². The van der Waals surface area contributed by atoms with Gasteiger partial charge >= 0.3 is 0 Å². The quantitative estimate of drug-likeness (QED) is 0.516. The zero-order valence-corrected chi connectivity index (χ0v) is 15.6. The van der Waals surface area contributed by atoms with Crippen molar-refractivity contribution in [3.8, 4) is 11.5 Å². The Morgan fingerprint density at radius 3 is 2.39 bits per heavy atom. The fourth-order valence-corrected chi connectivity index (χ4v) is 3.68. The fraction of sp³-hybridized carbons (Fsp3) is 0.316. The highest BCUT2D eigenvalue weighted by Crippen LogP contribution is 2.36. The lowest BCUT2D eigenvalue weighted by Crippen LogP contribution is -3.00. The van der Waals surface area contributed by atoms with Crippen molar-refractivity contribution in [2.24, 2.45) is 0 Å². The Labute approximate surface area is 154 Å². The predicted molar refractivity (Wildman–Crippen MR) is 86.9 cm³/mol. The van der Waals surface area contributed by atoms with Crippen molar-refractivity contribution >= 4 is 11.4 Å². The molecule has 0 spiro atoms. The summed E-state index contributed by atoms with van der Waals surface area (Å²) in [6.45, 7) is 1.04. The van der Waals surface area contributed by atoms with Gasteiger partial charge in [0.05, 0.1) is 14.2 Å². The van der Waals surface area contributed by atoms with Crippen LogP contribution in [-0.2, 0) is 12.8 Å². The van der Waals surface area contributed by atoms with Gasteiger partial charge in [0.2, 0.25) is 5.69 Å². The number of rotatable bonds is 2. The van der Waals surface area contributed by atoms with E-state index >= 15 is 0 Å². The first-order valence-electron chi connectivity index (χ1n) is 7.78. The number of ether oxygens (including phenoxy) is 2. The second-order valence-corrected chi connectivity index (χ2v) is 5.84. The topological polar surface area (TPSA) is 21.5 Å². The minimum absolute atomic E-state index is 0.